The zero-order chi connectivity index (χ0) is 19.2. The smallest absolute Gasteiger partial charge is 0.226 e. The fourth-order valence-corrected chi connectivity index (χ4v) is 3.58. The van der Waals surface area contributed by atoms with Crippen molar-refractivity contribution >= 4 is 11.8 Å². The van der Waals surface area contributed by atoms with Crippen molar-refractivity contribution < 1.29 is 0 Å². The zero-order valence-corrected chi connectivity index (χ0v) is 16.6. The summed E-state index contributed by atoms with van der Waals surface area (Å²) in [7, 11) is 6.07. The number of pyridine rings is 1. The first kappa shape index (κ1) is 19.5. The third kappa shape index (κ3) is 4.73. The highest BCUT2D eigenvalue weighted by Gasteiger charge is 2.25. The third-order valence-electron chi connectivity index (χ3n) is 5.04. The Bertz CT molecular complexity index is 747. The number of nitrogens with one attached hydrogen (secondary N) is 1. The van der Waals surface area contributed by atoms with E-state index in [0.717, 1.165) is 43.7 Å². The summed E-state index contributed by atoms with van der Waals surface area (Å²) < 4.78 is 0. The Hall–Kier alpha value is -2.25. The van der Waals surface area contributed by atoms with Crippen LogP contribution in [0, 0.1) is 0 Å². The number of aryl methyl sites for hydroxylation is 1. The van der Waals surface area contributed by atoms with Crippen molar-refractivity contribution in [2.75, 3.05) is 44.4 Å². The van der Waals surface area contributed by atoms with Gasteiger partial charge in [0.1, 0.15) is 5.82 Å². The number of fused-ring (bicyclic) bond motifs is 1. The van der Waals surface area contributed by atoms with Crippen LogP contribution in [0.25, 0.3) is 0 Å². The van der Waals surface area contributed by atoms with E-state index in [9.17, 15) is 0 Å². The molecule has 7 nitrogen and oxygen atoms in total. The van der Waals surface area contributed by atoms with Gasteiger partial charge in [0.25, 0.3) is 0 Å². The lowest BCUT2D eigenvalue weighted by Gasteiger charge is -2.32. The molecule has 146 valence electrons. The van der Waals surface area contributed by atoms with E-state index in [1.54, 1.807) is 0 Å². The van der Waals surface area contributed by atoms with E-state index in [-0.39, 0.29) is 0 Å². The Kier molecular flexibility index (Phi) is 6.58. The topological polar surface area (TPSA) is 83.2 Å². The summed E-state index contributed by atoms with van der Waals surface area (Å²) in [4.78, 5) is 18.2. The van der Waals surface area contributed by atoms with Crippen LogP contribution in [-0.2, 0) is 13.0 Å². The highest BCUT2D eigenvalue weighted by atomic mass is 15.2. The summed E-state index contributed by atoms with van der Waals surface area (Å²) in [5.41, 5.74) is 9.33. The number of hydrogen-bond donors (Lipinski definition) is 2. The van der Waals surface area contributed by atoms with E-state index in [0.29, 0.717) is 18.5 Å². The van der Waals surface area contributed by atoms with Gasteiger partial charge in [-0.05, 0) is 50.9 Å². The maximum Gasteiger partial charge on any atom is 0.226 e. The molecule has 0 bridgehead atoms. The minimum absolute atomic E-state index is 0.334. The lowest BCUT2D eigenvalue weighted by Crippen LogP contribution is -2.29. The van der Waals surface area contributed by atoms with Crippen molar-refractivity contribution in [1.29, 1.82) is 0 Å². The average Bonchev–Trinajstić information content (AvgIpc) is 2.68. The monoisotopic (exact) mass is 369 g/mol. The molecule has 1 unspecified atom stereocenters. The average molecular weight is 370 g/mol. The zero-order valence-electron chi connectivity index (χ0n) is 16.6. The van der Waals surface area contributed by atoms with E-state index in [1.807, 2.05) is 37.5 Å². The second-order valence-corrected chi connectivity index (χ2v) is 7.38. The van der Waals surface area contributed by atoms with Crippen molar-refractivity contribution in [1.82, 2.24) is 19.9 Å². The molecule has 0 aromatic carbocycles. The number of hydrogen-bond acceptors (Lipinski definition) is 7. The highest BCUT2D eigenvalue weighted by Crippen LogP contribution is 2.33. The van der Waals surface area contributed by atoms with Gasteiger partial charge in [-0.15, -0.1) is 0 Å². The molecule has 0 saturated carbocycles. The van der Waals surface area contributed by atoms with Crippen LogP contribution in [0.15, 0.2) is 24.5 Å². The van der Waals surface area contributed by atoms with Gasteiger partial charge >= 0.3 is 0 Å². The second kappa shape index (κ2) is 9.10. The summed E-state index contributed by atoms with van der Waals surface area (Å²) in [5, 5.41) is 3.44. The summed E-state index contributed by atoms with van der Waals surface area (Å²) in [5.74, 6) is 1.60. The van der Waals surface area contributed by atoms with Crippen LogP contribution >= 0.6 is 0 Å². The molecule has 1 aliphatic carbocycles. The first-order valence-electron chi connectivity index (χ1n) is 9.71. The number of anilines is 2. The van der Waals surface area contributed by atoms with Crippen LogP contribution < -0.4 is 16.0 Å². The van der Waals surface area contributed by atoms with E-state index >= 15 is 0 Å². The molecule has 2 aromatic rings. The maximum atomic E-state index is 5.64. The van der Waals surface area contributed by atoms with Crippen LogP contribution in [-0.4, -0.2) is 54.1 Å². The molecule has 3 rings (SSSR count). The molecule has 2 aromatic heterocycles. The van der Waals surface area contributed by atoms with E-state index in [2.05, 4.69) is 33.3 Å². The van der Waals surface area contributed by atoms with Gasteiger partial charge in [-0.2, -0.15) is 4.98 Å². The van der Waals surface area contributed by atoms with E-state index < -0.39 is 0 Å². The fraction of sp³-hybridized carbons (Fsp3) is 0.550. The van der Waals surface area contributed by atoms with Gasteiger partial charge in [0.05, 0.1) is 11.7 Å². The molecule has 3 N–H and O–H groups in total. The van der Waals surface area contributed by atoms with Crippen molar-refractivity contribution in [2.45, 2.75) is 38.3 Å². The van der Waals surface area contributed by atoms with Gasteiger partial charge in [-0.3, -0.25) is 9.88 Å². The van der Waals surface area contributed by atoms with Crippen LogP contribution in [0.3, 0.4) is 0 Å². The Morgan fingerprint density at radius 1 is 1.26 bits per heavy atom. The molecular formula is C20H31N7. The lowest BCUT2D eigenvalue weighted by molar-refractivity contribution is 0.208. The second-order valence-electron chi connectivity index (χ2n) is 7.38. The van der Waals surface area contributed by atoms with Crippen molar-refractivity contribution in [3.63, 3.8) is 0 Å². The summed E-state index contributed by atoms with van der Waals surface area (Å²) in [6.07, 6.45) is 8.21. The minimum Gasteiger partial charge on any atom is -0.370 e. The molecule has 0 saturated heterocycles. The van der Waals surface area contributed by atoms with Crippen molar-refractivity contribution in [3.8, 4) is 0 Å². The molecular weight excluding hydrogens is 338 g/mol. The molecule has 0 fully saturated rings. The van der Waals surface area contributed by atoms with Crippen LogP contribution in [0.4, 0.5) is 11.8 Å². The Morgan fingerprint density at radius 2 is 2.11 bits per heavy atom. The fourth-order valence-electron chi connectivity index (χ4n) is 3.58. The van der Waals surface area contributed by atoms with Gasteiger partial charge in [-0.1, -0.05) is 6.07 Å². The predicted octanol–water partition coefficient (Wildman–Crippen LogP) is 2.21. The standard InChI is InChI=1S/C20H31N7/c1-26(2)20-24-13-16(19(25-20)23-12-6-10-21)14-27(3)17-9-4-7-15-8-5-11-22-18(15)17/h5,8,11,13,17H,4,6-7,9-10,12,14,21H2,1-3H3,(H,23,24,25). The molecule has 0 spiro atoms. The molecule has 1 atom stereocenters. The lowest BCUT2D eigenvalue weighted by atomic mass is 9.91. The third-order valence-corrected chi connectivity index (χ3v) is 5.04. The van der Waals surface area contributed by atoms with Gasteiger partial charge in [-0.25, -0.2) is 4.98 Å². The summed E-state index contributed by atoms with van der Waals surface area (Å²) >= 11 is 0. The maximum absolute atomic E-state index is 5.64. The van der Waals surface area contributed by atoms with Crippen molar-refractivity contribution in [3.05, 3.63) is 41.3 Å². The normalized spacial score (nSPS) is 16.3. The molecule has 27 heavy (non-hydrogen) atoms. The molecule has 2 heterocycles. The van der Waals surface area contributed by atoms with Gasteiger partial charge in [0, 0.05) is 45.1 Å². The van der Waals surface area contributed by atoms with Crippen LogP contribution in [0.2, 0.25) is 0 Å². The largest absolute Gasteiger partial charge is 0.370 e. The molecule has 0 amide bonds. The van der Waals surface area contributed by atoms with Crippen LogP contribution in [0.5, 0.6) is 0 Å². The molecule has 0 radical (unpaired) electrons. The minimum atomic E-state index is 0.334. The highest BCUT2D eigenvalue weighted by molar-refractivity contribution is 5.47. The molecule has 0 aliphatic heterocycles. The number of rotatable bonds is 8. The molecule has 1 aliphatic rings. The number of nitrogens with zero attached hydrogens (tertiary/aromatic N) is 5. The SMILES string of the molecule is CN(C)c1ncc(CN(C)C2CCCc3cccnc32)c(NCCCN)n1. The Balaban J connectivity index is 1.80. The number of nitrogens with two attached hydrogens (primary N) is 1. The first-order valence-corrected chi connectivity index (χ1v) is 9.71. The van der Waals surface area contributed by atoms with Gasteiger partial charge < -0.3 is 16.0 Å². The summed E-state index contributed by atoms with van der Waals surface area (Å²) in [6.45, 7) is 2.25. The van der Waals surface area contributed by atoms with Crippen LogP contribution in [0.1, 0.15) is 42.1 Å². The predicted molar refractivity (Wildman–Crippen MR) is 110 cm³/mol. The van der Waals surface area contributed by atoms with Gasteiger partial charge in [0.15, 0.2) is 0 Å². The molecule has 7 heteroatoms. The van der Waals surface area contributed by atoms with E-state index in [4.69, 9.17) is 10.7 Å². The first-order chi connectivity index (χ1) is 13.1. The Morgan fingerprint density at radius 3 is 2.89 bits per heavy atom. The quantitative estimate of drug-likeness (QED) is 0.690. The Labute approximate surface area is 162 Å². The number of aromatic nitrogens is 3. The van der Waals surface area contributed by atoms with E-state index in [1.165, 1.54) is 17.7 Å². The van der Waals surface area contributed by atoms with Gasteiger partial charge in [0.2, 0.25) is 5.95 Å². The summed E-state index contributed by atoms with van der Waals surface area (Å²) in [6, 6.07) is 4.58. The van der Waals surface area contributed by atoms with Crippen molar-refractivity contribution in [2.24, 2.45) is 5.73 Å².